The van der Waals surface area contributed by atoms with Crippen LogP contribution in [0.15, 0.2) is 24.3 Å². The van der Waals surface area contributed by atoms with Crippen molar-refractivity contribution in [3.8, 4) is 0 Å². The van der Waals surface area contributed by atoms with E-state index in [1.807, 2.05) is 31.2 Å². The van der Waals surface area contributed by atoms with E-state index >= 15 is 0 Å². The summed E-state index contributed by atoms with van der Waals surface area (Å²) in [5, 5.41) is 3.29. The molecule has 0 saturated carbocycles. The van der Waals surface area contributed by atoms with Gasteiger partial charge >= 0.3 is 0 Å². The highest BCUT2D eigenvalue weighted by Crippen LogP contribution is 2.16. The van der Waals surface area contributed by atoms with Gasteiger partial charge in [0.25, 0.3) is 0 Å². The number of nitrogens with one attached hydrogen (secondary N) is 1. The molecule has 3 heteroatoms. The van der Waals surface area contributed by atoms with Crippen LogP contribution in [0, 0.1) is 0 Å². The monoisotopic (exact) mass is 213 g/mol. The molecule has 1 aromatic carbocycles. The van der Waals surface area contributed by atoms with Gasteiger partial charge in [0.05, 0.1) is 6.61 Å². The van der Waals surface area contributed by atoms with Crippen LogP contribution >= 0.6 is 11.6 Å². The molecule has 0 aromatic heterocycles. The van der Waals surface area contributed by atoms with E-state index < -0.39 is 0 Å². The third kappa shape index (κ3) is 3.56. The zero-order chi connectivity index (χ0) is 10.2. The van der Waals surface area contributed by atoms with Crippen molar-refractivity contribution in [2.75, 3.05) is 25.1 Å². The van der Waals surface area contributed by atoms with Gasteiger partial charge in [-0.25, -0.2) is 0 Å². The lowest BCUT2D eigenvalue weighted by Crippen LogP contribution is -2.10. The first-order chi connectivity index (χ1) is 6.88. The van der Waals surface area contributed by atoms with Crippen LogP contribution in [-0.2, 0) is 10.6 Å². The minimum absolute atomic E-state index is 0.539. The Hall–Kier alpha value is -0.730. The molecule has 0 bridgehead atoms. The molecule has 0 spiro atoms. The molecule has 14 heavy (non-hydrogen) atoms. The first kappa shape index (κ1) is 11.3. The second-order valence-electron chi connectivity index (χ2n) is 2.91. The van der Waals surface area contributed by atoms with Crippen LogP contribution < -0.4 is 5.32 Å². The molecule has 0 unspecified atom stereocenters. The van der Waals surface area contributed by atoms with E-state index in [1.165, 1.54) is 0 Å². The van der Waals surface area contributed by atoms with Crippen molar-refractivity contribution in [2.24, 2.45) is 0 Å². The number of hydrogen-bond donors (Lipinski definition) is 1. The van der Waals surface area contributed by atoms with Gasteiger partial charge in [0.15, 0.2) is 0 Å². The number of halogens is 1. The van der Waals surface area contributed by atoms with Gasteiger partial charge in [-0.15, -0.1) is 11.6 Å². The average molecular weight is 214 g/mol. The molecule has 0 amide bonds. The summed E-state index contributed by atoms with van der Waals surface area (Å²) in [4.78, 5) is 0. The van der Waals surface area contributed by atoms with Crippen molar-refractivity contribution in [3.05, 3.63) is 29.8 Å². The van der Waals surface area contributed by atoms with E-state index in [0.29, 0.717) is 5.88 Å². The lowest BCUT2D eigenvalue weighted by molar-refractivity contribution is 0.158. The van der Waals surface area contributed by atoms with Crippen molar-refractivity contribution in [3.63, 3.8) is 0 Å². The Morgan fingerprint density at radius 3 is 2.86 bits per heavy atom. The van der Waals surface area contributed by atoms with Crippen LogP contribution in [0.4, 0.5) is 5.69 Å². The largest absolute Gasteiger partial charge is 0.382 e. The average Bonchev–Trinajstić information content (AvgIpc) is 2.25. The number of hydrogen-bond acceptors (Lipinski definition) is 2. The highest BCUT2D eigenvalue weighted by atomic mass is 35.5. The minimum Gasteiger partial charge on any atom is -0.382 e. The summed E-state index contributed by atoms with van der Waals surface area (Å²) >= 11 is 5.80. The predicted molar refractivity (Wildman–Crippen MR) is 61.0 cm³/mol. The molecule has 0 saturated heterocycles. The van der Waals surface area contributed by atoms with Gasteiger partial charge in [-0.3, -0.25) is 0 Å². The van der Waals surface area contributed by atoms with Crippen LogP contribution in [0.1, 0.15) is 12.5 Å². The molecule has 1 aromatic rings. The molecule has 1 N–H and O–H groups in total. The van der Waals surface area contributed by atoms with Gasteiger partial charge in [-0.2, -0.15) is 0 Å². The molecule has 0 fully saturated rings. The Kier molecular flexibility index (Phi) is 5.42. The molecule has 0 atom stereocenters. The summed E-state index contributed by atoms with van der Waals surface area (Å²) in [6, 6.07) is 8.05. The van der Waals surface area contributed by atoms with E-state index in [4.69, 9.17) is 16.3 Å². The molecular formula is C11H16ClNO. The third-order valence-electron chi connectivity index (χ3n) is 1.93. The van der Waals surface area contributed by atoms with Gasteiger partial charge in [-0.1, -0.05) is 18.2 Å². The number of rotatable bonds is 6. The van der Waals surface area contributed by atoms with E-state index in [0.717, 1.165) is 31.0 Å². The zero-order valence-corrected chi connectivity index (χ0v) is 9.18. The van der Waals surface area contributed by atoms with Crippen molar-refractivity contribution in [1.82, 2.24) is 0 Å². The SMILES string of the molecule is CCOCCNc1ccccc1CCl. The topological polar surface area (TPSA) is 21.3 Å². The Morgan fingerprint density at radius 2 is 2.14 bits per heavy atom. The van der Waals surface area contributed by atoms with Crippen LogP contribution in [0.3, 0.4) is 0 Å². The molecule has 0 aliphatic heterocycles. The van der Waals surface area contributed by atoms with Gasteiger partial charge < -0.3 is 10.1 Å². The lowest BCUT2D eigenvalue weighted by atomic mass is 10.2. The fourth-order valence-corrected chi connectivity index (χ4v) is 1.44. The molecule has 0 heterocycles. The Bertz CT molecular complexity index is 265. The maximum atomic E-state index is 5.80. The summed E-state index contributed by atoms with van der Waals surface area (Å²) in [6.07, 6.45) is 0. The normalized spacial score (nSPS) is 10.1. The predicted octanol–water partition coefficient (Wildman–Crippen LogP) is 2.87. The van der Waals surface area contributed by atoms with Crippen LogP contribution in [-0.4, -0.2) is 19.8 Å². The van der Waals surface area contributed by atoms with Gasteiger partial charge in [0.1, 0.15) is 0 Å². The van der Waals surface area contributed by atoms with E-state index in [-0.39, 0.29) is 0 Å². The summed E-state index contributed by atoms with van der Waals surface area (Å²) < 4.78 is 5.23. The number of alkyl halides is 1. The van der Waals surface area contributed by atoms with E-state index in [2.05, 4.69) is 5.32 Å². The van der Waals surface area contributed by atoms with Crippen molar-refractivity contribution in [1.29, 1.82) is 0 Å². The minimum atomic E-state index is 0.539. The van der Waals surface area contributed by atoms with Crippen LogP contribution in [0.5, 0.6) is 0 Å². The summed E-state index contributed by atoms with van der Waals surface area (Å²) in [5.74, 6) is 0.539. The third-order valence-corrected chi connectivity index (χ3v) is 2.22. The second kappa shape index (κ2) is 6.68. The first-order valence-corrected chi connectivity index (χ1v) is 5.37. The number of benzene rings is 1. The lowest BCUT2D eigenvalue weighted by Gasteiger charge is -2.09. The summed E-state index contributed by atoms with van der Waals surface area (Å²) in [7, 11) is 0. The molecule has 1 rings (SSSR count). The highest BCUT2D eigenvalue weighted by Gasteiger charge is 1.98. The van der Waals surface area contributed by atoms with Gasteiger partial charge in [0, 0.05) is 24.7 Å². The molecular weight excluding hydrogens is 198 g/mol. The molecule has 78 valence electrons. The molecule has 0 aliphatic rings. The fourth-order valence-electron chi connectivity index (χ4n) is 1.21. The molecule has 0 radical (unpaired) electrons. The van der Waals surface area contributed by atoms with Crippen molar-refractivity contribution >= 4 is 17.3 Å². The smallest absolute Gasteiger partial charge is 0.0638 e. The summed E-state index contributed by atoms with van der Waals surface area (Å²) in [5.41, 5.74) is 2.23. The molecule has 0 aliphatic carbocycles. The molecule has 2 nitrogen and oxygen atoms in total. The summed E-state index contributed by atoms with van der Waals surface area (Å²) in [6.45, 7) is 4.31. The fraction of sp³-hybridized carbons (Fsp3) is 0.455. The highest BCUT2D eigenvalue weighted by molar-refractivity contribution is 6.17. The van der Waals surface area contributed by atoms with Gasteiger partial charge in [-0.05, 0) is 18.6 Å². The Balaban J connectivity index is 2.41. The van der Waals surface area contributed by atoms with E-state index in [9.17, 15) is 0 Å². The van der Waals surface area contributed by atoms with Crippen LogP contribution in [0.2, 0.25) is 0 Å². The van der Waals surface area contributed by atoms with Crippen LogP contribution in [0.25, 0.3) is 0 Å². The maximum Gasteiger partial charge on any atom is 0.0638 e. The zero-order valence-electron chi connectivity index (χ0n) is 8.42. The quantitative estimate of drug-likeness (QED) is 0.580. The van der Waals surface area contributed by atoms with Crippen molar-refractivity contribution < 1.29 is 4.74 Å². The van der Waals surface area contributed by atoms with Gasteiger partial charge in [0.2, 0.25) is 0 Å². The Morgan fingerprint density at radius 1 is 1.36 bits per heavy atom. The Labute approximate surface area is 90.2 Å². The van der Waals surface area contributed by atoms with Crippen molar-refractivity contribution in [2.45, 2.75) is 12.8 Å². The van der Waals surface area contributed by atoms with E-state index in [1.54, 1.807) is 0 Å². The number of anilines is 1. The standard InChI is InChI=1S/C11H16ClNO/c1-2-14-8-7-13-11-6-4-3-5-10(11)9-12/h3-6,13H,2,7-9H2,1H3. The maximum absolute atomic E-state index is 5.80. The number of para-hydroxylation sites is 1. The first-order valence-electron chi connectivity index (χ1n) is 4.84. The second-order valence-corrected chi connectivity index (χ2v) is 3.18. The number of ether oxygens (including phenoxy) is 1.